The summed E-state index contributed by atoms with van der Waals surface area (Å²) in [5.74, 6) is 0.326. The minimum atomic E-state index is -0.441. The first-order valence-electron chi connectivity index (χ1n) is 11.0. The highest BCUT2D eigenvalue weighted by Gasteiger charge is 2.35. The second-order valence-corrected chi connectivity index (χ2v) is 8.15. The van der Waals surface area contributed by atoms with Crippen molar-refractivity contribution in [2.45, 2.75) is 39.3 Å². The maximum Gasteiger partial charge on any atom is 0.322 e. The summed E-state index contributed by atoms with van der Waals surface area (Å²) in [6, 6.07) is 14.9. The molecular weight excluding hydrogens is 423 g/mol. The Bertz CT molecular complexity index is 1130. The van der Waals surface area contributed by atoms with Crippen LogP contribution in [-0.4, -0.2) is 40.3 Å². The first kappa shape index (κ1) is 22.7. The fraction of sp³-hybridized carbons (Fsp3) is 0.320. The quantitative estimate of drug-likeness (QED) is 0.478. The lowest BCUT2D eigenvalue weighted by Gasteiger charge is -2.35. The largest absolute Gasteiger partial charge is 0.379 e. The number of nitrogens with one attached hydrogen (secondary N) is 1. The number of urea groups is 1. The Morgan fingerprint density at radius 2 is 1.88 bits per heavy atom. The fourth-order valence-corrected chi connectivity index (χ4v) is 3.81. The van der Waals surface area contributed by atoms with Gasteiger partial charge in [0.1, 0.15) is 5.82 Å². The van der Waals surface area contributed by atoms with Crippen molar-refractivity contribution in [2.75, 3.05) is 13.2 Å². The number of hydrogen-bond donors (Lipinski definition) is 1. The highest BCUT2D eigenvalue weighted by molar-refractivity contribution is 5.86. The Morgan fingerprint density at radius 3 is 2.58 bits per heavy atom. The second kappa shape index (κ2) is 9.95. The molecule has 1 N–H and O–H groups in total. The average Bonchev–Trinajstić information content (AvgIpc) is 3.28. The minimum Gasteiger partial charge on any atom is -0.379 e. The van der Waals surface area contributed by atoms with Crippen molar-refractivity contribution in [1.29, 1.82) is 0 Å². The van der Waals surface area contributed by atoms with E-state index in [0.29, 0.717) is 36.9 Å². The molecule has 33 heavy (non-hydrogen) atoms. The maximum atomic E-state index is 13.3. The number of rotatable bonds is 8. The van der Waals surface area contributed by atoms with Crippen LogP contribution >= 0.6 is 0 Å². The van der Waals surface area contributed by atoms with Crippen LogP contribution in [0.3, 0.4) is 0 Å². The number of benzene rings is 2. The monoisotopic (exact) mass is 450 g/mol. The molecule has 1 aromatic heterocycles. The lowest BCUT2D eigenvalue weighted by atomic mass is 9.94. The summed E-state index contributed by atoms with van der Waals surface area (Å²) >= 11 is 0. The van der Waals surface area contributed by atoms with E-state index in [1.807, 2.05) is 51.1 Å². The summed E-state index contributed by atoms with van der Waals surface area (Å²) in [5.41, 5.74) is 3.02. The zero-order valence-electron chi connectivity index (χ0n) is 18.9. The standard InChI is InChI=1S/C25H27FN4O3/c1-16(2)32-15-7-14-30-17(3)21(22(27-25(30)31)18-8-5-4-6-9-18)24-28-23(29-33-24)19-10-12-20(26)13-11-19/h4-6,8-13,16,22H,7,14-15H2,1-3H3,(H,27,31). The normalized spacial score (nSPS) is 16.5. The molecule has 0 radical (unpaired) electrons. The third-order valence-corrected chi connectivity index (χ3v) is 5.47. The van der Waals surface area contributed by atoms with E-state index in [-0.39, 0.29) is 18.0 Å². The predicted octanol–water partition coefficient (Wildman–Crippen LogP) is 5.19. The van der Waals surface area contributed by atoms with Crippen LogP contribution < -0.4 is 5.32 Å². The number of halogens is 1. The first-order valence-corrected chi connectivity index (χ1v) is 11.0. The zero-order chi connectivity index (χ0) is 23.4. The van der Waals surface area contributed by atoms with E-state index < -0.39 is 6.04 Å². The van der Waals surface area contributed by atoms with Crippen molar-refractivity contribution in [3.05, 3.63) is 77.6 Å². The molecule has 0 fully saturated rings. The van der Waals surface area contributed by atoms with Gasteiger partial charge in [-0.3, -0.25) is 4.90 Å². The minimum absolute atomic E-state index is 0.137. The van der Waals surface area contributed by atoms with Crippen LogP contribution in [0.15, 0.2) is 64.8 Å². The van der Waals surface area contributed by atoms with Crippen LogP contribution in [-0.2, 0) is 4.74 Å². The van der Waals surface area contributed by atoms with Crippen LogP contribution in [0.2, 0.25) is 0 Å². The van der Waals surface area contributed by atoms with Crippen molar-refractivity contribution in [3.63, 3.8) is 0 Å². The molecule has 4 rings (SSSR count). The molecule has 2 aromatic carbocycles. The van der Waals surface area contributed by atoms with E-state index in [4.69, 9.17) is 9.26 Å². The number of allylic oxidation sites excluding steroid dienone is 1. The van der Waals surface area contributed by atoms with Gasteiger partial charge in [-0.25, -0.2) is 9.18 Å². The molecule has 3 aromatic rings. The summed E-state index contributed by atoms with van der Waals surface area (Å²) < 4.78 is 24.6. The van der Waals surface area contributed by atoms with Crippen molar-refractivity contribution in [1.82, 2.24) is 20.4 Å². The number of nitrogens with zero attached hydrogens (tertiary/aromatic N) is 3. The lowest BCUT2D eigenvalue weighted by Crippen LogP contribution is -2.46. The predicted molar refractivity (Wildman–Crippen MR) is 122 cm³/mol. The average molecular weight is 451 g/mol. The smallest absolute Gasteiger partial charge is 0.322 e. The van der Waals surface area contributed by atoms with E-state index in [1.54, 1.807) is 17.0 Å². The number of carbonyl (C=O) groups is 1. The van der Waals surface area contributed by atoms with Gasteiger partial charge in [0.15, 0.2) is 0 Å². The van der Waals surface area contributed by atoms with Crippen molar-refractivity contribution in [3.8, 4) is 11.4 Å². The number of ether oxygens (including phenoxy) is 1. The Morgan fingerprint density at radius 1 is 1.15 bits per heavy atom. The molecule has 1 aliphatic rings. The molecular formula is C25H27FN4O3. The SMILES string of the molecule is CC1=C(c2nc(-c3ccc(F)cc3)no2)C(c2ccccc2)NC(=O)N1CCCOC(C)C. The molecule has 8 heteroatoms. The van der Waals surface area contributed by atoms with E-state index in [1.165, 1.54) is 12.1 Å². The third kappa shape index (κ3) is 5.12. The molecule has 7 nitrogen and oxygen atoms in total. The van der Waals surface area contributed by atoms with Crippen molar-refractivity contribution >= 4 is 11.6 Å². The van der Waals surface area contributed by atoms with Crippen LogP contribution in [0.1, 0.15) is 44.7 Å². The van der Waals surface area contributed by atoms with Gasteiger partial charge in [-0.2, -0.15) is 4.98 Å². The van der Waals surface area contributed by atoms with E-state index in [0.717, 1.165) is 16.8 Å². The molecule has 172 valence electrons. The van der Waals surface area contributed by atoms with Crippen LogP contribution in [0.25, 0.3) is 17.0 Å². The molecule has 1 unspecified atom stereocenters. The van der Waals surface area contributed by atoms with Crippen LogP contribution in [0.4, 0.5) is 9.18 Å². The third-order valence-electron chi connectivity index (χ3n) is 5.47. The highest BCUT2D eigenvalue weighted by atomic mass is 19.1. The van der Waals surface area contributed by atoms with E-state index >= 15 is 0 Å². The van der Waals surface area contributed by atoms with Gasteiger partial charge in [0, 0.05) is 24.4 Å². The van der Waals surface area contributed by atoms with Gasteiger partial charge in [0.25, 0.3) is 5.89 Å². The maximum absolute atomic E-state index is 13.3. The molecule has 1 aliphatic heterocycles. The second-order valence-electron chi connectivity index (χ2n) is 8.15. The van der Waals surface area contributed by atoms with E-state index in [2.05, 4.69) is 15.5 Å². The fourth-order valence-electron chi connectivity index (χ4n) is 3.81. The van der Waals surface area contributed by atoms with Crippen LogP contribution in [0, 0.1) is 5.82 Å². The number of amides is 2. The number of hydrogen-bond acceptors (Lipinski definition) is 5. The van der Waals surface area contributed by atoms with Gasteiger partial charge in [0.2, 0.25) is 5.82 Å². The molecule has 2 heterocycles. The molecule has 0 spiro atoms. The Kier molecular flexibility index (Phi) is 6.84. The topological polar surface area (TPSA) is 80.5 Å². The summed E-state index contributed by atoms with van der Waals surface area (Å²) in [7, 11) is 0. The molecule has 1 atom stereocenters. The Balaban J connectivity index is 1.69. The number of aromatic nitrogens is 2. The van der Waals surface area contributed by atoms with Crippen LogP contribution in [0.5, 0.6) is 0 Å². The molecule has 0 saturated heterocycles. The van der Waals surface area contributed by atoms with Gasteiger partial charge in [-0.1, -0.05) is 35.5 Å². The summed E-state index contributed by atoms with van der Waals surface area (Å²) in [6.45, 7) is 6.90. The molecule has 2 amide bonds. The first-order chi connectivity index (χ1) is 15.9. The zero-order valence-corrected chi connectivity index (χ0v) is 18.9. The molecule has 0 bridgehead atoms. The van der Waals surface area contributed by atoms with Gasteiger partial charge >= 0.3 is 6.03 Å². The summed E-state index contributed by atoms with van der Waals surface area (Å²) in [4.78, 5) is 19.2. The Hall–Kier alpha value is -3.52. The van der Waals surface area contributed by atoms with Gasteiger partial charge in [0.05, 0.1) is 17.7 Å². The summed E-state index contributed by atoms with van der Waals surface area (Å²) in [5, 5.41) is 7.18. The molecule has 0 aliphatic carbocycles. The van der Waals surface area contributed by atoms with Crippen molar-refractivity contribution in [2.24, 2.45) is 0 Å². The highest BCUT2D eigenvalue weighted by Crippen LogP contribution is 2.37. The van der Waals surface area contributed by atoms with Gasteiger partial charge in [-0.15, -0.1) is 0 Å². The van der Waals surface area contributed by atoms with Gasteiger partial charge < -0.3 is 14.6 Å². The Labute approximate surface area is 192 Å². The summed E-state index contributed by atoms with van der Waals surface area (Å²) in [6.07, 6.45) is 0.829. The molecule has 0 saturated carbocycles. The van der Waals surface area contributed by atoms with E-state index in [9.17, 15) is 9.18 Å². The van der Waals surface area contributed by atoms with Crippen molar-refractivity contribution < 1.29 is 18.4 Å². The van der Waals surface area contributed by atoms with Gasteiger partial charge in [-0.05, 0) is 57.0 Å². The number of carbonyl (C=O) groups excluding carboxylic acids is 1. The lowest BCUT2D eigenvalue weighted by molar-refractivity contribution is 0.0736.